The van der Waals surface area contributed by atoms with Crippen LogP contribution in [0, 0.1) is 11.8 Å². The van der Waals surface area contributed by atoms with Crippen LogP contribution in [-0.2, 0) is 0 Å². The van der Waals surface area contributed by atoms with Gasteiger partial charge in [-0.15, -0.1) is 0 Å². The summed E-state index contributed by atoms with van der Waals surface area (Å²) in [6, 6.07) is 2.17. The normalized spacial score (nSPS) is 31.8. The van der Waals surface area contributed by atoms with Crippen LogP contribution in [0.1, 0.15) is 60.3 Å². The van der Waals surface area contributed by atoms with Gasteiger partial charge >= 0.3 is 0 Å². The van der Waals surface area contributed by atoms with E-state index in [1.807, 2.05) is 0 Å². The van der Waals surface area contributed by atoms with Crippen LogP contribution in [-0.4, -0.2) is 36.6 Å². The van der Waals surface area contributed by atoms with Gasteiger partial charge in [-0.2, -0.15) is 0 Å². The zero-order valence-corrected chi connectivity index (χ0v) is 13.4. The molecule has 2 nitrogen and oxygen atoms in total. The third-order valence-corrected chi connectivity index (χ3v) is 4.96. The van der Waals surface area contributed by atoms with Crippen molar-refractivity contribution in [1.29, 1.82) is 0 Å². The minimum atomic E-state index is 0.708. The van der Waals surface area contributed by atoms with Crippen LogP contribution < -0.4 is 5.32 Å². The highest BCUT2D eigenvalue weighted by Crippen LogP contribution is 2.26. The molecule has 4 atom stereocenters. The summed E-state index contributed by atoms with van der Waals surface area (Å²) in [5, 5.41) is 3.47. The Morgan fingerprint density at radius 2 is 1.83 bits per heavy atom. The number of hydrogen-bond acceptors (Lipinski definition) is 2. The van der Waals surface area contributed by atoms with Gasteiger partial charge < -0.3 is 5.32 Å². The Hall–Kier alpha value is -0.0800. The van der Waals surface area contributed by atoms with Crippen LogP contribution in [0.15, 0.2) is 0 Å². The molecule has 108 valence electrons. The number of nitrogens with zero attached hydrogens (tertiary/aromatic N) is 1. The van der Waals surface area contributed by atoms with Crippen LogP contribution in [0.25, 0.3) is 0 Å². The number of hydrogen-bond donors (Lipinski definition) is 1. The highest BCUT2D eigenvalue weighted by molar-refractivity contribution is 4.89. The van der Waals surface area contributed by atoms with Crippen molar-refractivity contribution in [3.05, 3.63) is 0 Å². The summed E-state index contributed by atoms with van der Waals surface area (Å²) in [5.41, 5.74) is 0. The standard InChI is InChI=1S/C16H34N2/c1-12(2)8-7-9-13(3)18-11-10-16(17-6)14(4)15(18)5/h12-17H,7-11H2,1-6H3. The Morgan fingerprint density at radius 3 is 2.39 bits per heavy atom. The first kappa shape index (κ1) is 16.0. The van der Waals surface area contributed by atoms with Gasteiger partial charge in [0.15, 0.2) is 0 Å². The zero-order valence-electron chi connectivity index (χ0n) is 13.4. The second-order valence-corrected chi connectivity index (χ2v) is 6.70. The van der Waals surface area contributed by atoms with Gasteiger partial charge in [0, 0.05) is 24.7 Å². The van der Waals surface area contributed by atoms with Gasteiger partial charge in [-0.05, 0) is 45.6 Å². The van der Waals surface area contributed by atoms with Crippen molar-refractivity contribution >= 4 is 0 Å². The molecule has 0 saturated carbocycles. The molecule has 4 unspecified atom stereocenters. The lowest BCUT2D eigenvalue weighted by Crippen LogP contribution is -2.55. The Bertz CT molecular complexity index is 227. The first-order valence-corrected chi connectivity index (χ1v) is 7.90. The topological polar surface area (TPSA) is 15.3 Å². The monoisotopic (exact) mass is 254 g/mol. The van der Waals surface area contributed by atoms with Crippen molar-refractivity contribution < 1.29 is 0 Å². The molecule has 1 fully saturated rings. The van der Waals surface area contributed by atoms with Crippen molar-refractivity contribution in [3.63, 3.8) is 0 Å². The second kappa shape index (κ2) is 7.49. The summed E-state index contributed by atoms with van der Waals surface area (Å²) in [4.78, 5) is 2.73. The average Bonchev–Trinajstić information content (AvgIpc) is 2.32. The van der Waals surface area contributed by atoms with Crippen molar-refractivity contribution in [2.24, 2.45) is 11.8 Å². The van der Waals surface area contributed by atoms with Crippen LogP contribution in [0.5, 0.6) is 0 Å². The lowest BCUT2D eigenvalue weighted by molar-refractivity contribution is 0.0506. The average molecular weight is 254 g/mol. The molecule has 0 spiro atoms. The van der Waals surface area contributed by atoms with E-state index in [0.29, 0.717) is 12.1 Å². The molecule has 0 amide bonds. The fourth-order valence-electron chi connectivity index (χ4n) is 3.41. The fraction of sp³-hybridized carbons (Fsp3) is 1.00. The van der Waals surface area contributed by atoms with E-state index < -0.39 is 0 Å². The van der Waals surface area contributed by atoms with E-state index >= 15 is 0 Å². The van der Waals surface area contributed by atoms with E-state index in [2.05, 4.69) is 51.9 Å². The van der Waals surface area contributed by atoms with Gasteiger partial charge in [0.25, 0.3) is 0 Å². The summed E-state index contributed by atoms with van der Waals surface area (Å²) in [6.45, 7) is 13.1. The van der Waals surface area contributed by atoms with Crippen molar-refractivity contribution in [3.8, 4) is 0 Å². The molecule has 1 aliphatic heterocycles. The minimum Gasteiger partial charge on any atom is -0.317 e. The molecule has 0 aromatic heterocycles. The lowest BCUT2D eigenvalue weighted by atomic mass is 9.85. The molecule has 2 heteroatoms. The molecule has 0 aliphatic carbocycles. The third kappa shape index (κ3) is 4.24. The first-order chi connectivity index (χ1) is 8.47. The Kier molecular flexibility index (Phi) is 6.65. The van der Waals surface area contributed by atoms with E-state index in [0.717, 1.165) is 17.9 Å². The third-order valence-electron chi connectivity index (χ3n) is 4.96. The van der Waals surface area contributed by atoms with Crippen LogP contribution in [0.3, 0.4) is 0 Å². The minimum absolute atomic E-state index is 0.708. The molecule has 0 aromatic rings. The molecule has 0 radical (unpaired) electrons. The van der Waals surface area contributed by atoms with Gasteiger partial charge in [0.05, 0.1) is 0 Å². The van der Waals surface area contributed by atoms with Crippen molar-refractivity contribution in [2.45, 2.75) is 78.4 Å². The maximum Gasteiger partial charge on any atom is 0.0117 e. The quantitative estimate of drug-likeness (QED) is 0.780. The first-order valence-electron chi connectivity index (χ1n) is 7.90. The highest BCUT2D eigenvalue weighted by Gasteiger charge is 2.33. The van der Waals surface area contributed by atoms with Crippen LogP contribution in [0.2, 0.25) is 0 Å². The summed E-state index contributed by atoms with van der Waals surface area (Å²) in [5.74, 6) is 1.61. The summed E-state index contributed by atoms with van der Waals surface area (Å²) >= 11 is 0. The van der Waals surface area contributed by atoms with E-state index in [-0.39, 0.29) is 0 Å². The molecule has 0 aromatic carbocycles. The maximum atomic E-state index is 3.47. The SMILES string of the molecule is CNC1CCN(C(C)CCCC(C)C)C(C)C1C. The van der Waals surface area contributed by atoms with Gasteiger partial charge in [0.1, 0.15) is 0 Å². The summed E-state index contributed by atoms with van der Waals surface area (Å²) in [6.07, 6.45) is 5.42. The van der Waals surface area contributed by atoms with Crippen LogP contribution >= 0.6 is 0 Å². The summed E-state index contributed by atoms with van der Waals surface area (Å²) in [7, 11) is 2.11. The molecular weight excluding hydrogens is 220 g/mol. The van der Waals surface area contributed by atoms with Crippen molar-refractivity contribution in [2.75, 3.05) is 13.6 Å². The predicted octanol–water partition coefficient (Wildman–Crippen LogP) is 3.52. The smallest absolute Gasteiger partial charge is 0.0117 e. The predicted molar refractivity (Wildman–Crippen MR) is 80.9 cm³/mol. The van der Waals surface area contributed by atoms with E-state index in [1.54, 1.807) is 0 Å². The molecule has 1 saturated heterocycles. The fourth-order valence-corrected chi connectivity index (χ4v) is 3.41. The van der Waals surface area contributed by atoms with Gasteiger partial charge in [0.2, 0.25) is 0 Å². The van der Waals surface area contributed by atoms with E-state index in [1.165, 1.54) is 32.2 Å². The molecule has 1 heterocycles. The molecule has 0 bridgehead atoms. The van der Waals surface area contributed by atoms with E-state index in [9.17, 15) is 0 Å². The molecule has 18 heavy (non-hydrogen) atoms. The number of piperidine rings is 1. The van der Waals surface area contributed by atoms with Gasteiger partial charge in [-0.3, -0.25) is 4.90 Å². The van der Waals surface area contributed by atoms with Gasteiger partial charge in [-0.25, -0.2) is 0 Å². The molecule has 1 N–H and O–H groups in total. The highest BCUT2D eigenvalue weighted by atomic mass is 15.2. The number of nitrogens with one attached hydrogen (secondary N) is 1. The number of rotatable bonds is 6. The zero-order chi connectivity index (χ0) is 13.7. The van der Waals surface area contributed by atoms with Crippen molar-refractivity contribution in [1.82, 2.24) is 10.2 Å². The number of likely N-dealkylation sites (tertiary alicyclic amines) is 1. The lowest BCUT2D eigenvalue weighted by Gasteiger charge is -2.45. The largest absolute Gasteiger partial charge is 0.317 e. The Labute approximate surface area is 115 Å². The molecular formula is C16H34N2. The second-order valence-electron chi connectivity index (χ2n) is 6.70. The van der Waals surface area contributed by atoms with Gasteiger partial charge in [-0.1, -0.05) is 33.6 Å². The maximum absolute atomic E-state index is 3.47. The Balaban J connectivity index is 2.41. The molecule has 1 rings (SSSR count). The molecule has 1 aliphatic rings. The Morgan fingerprint density at radius 1 is 1.17 bits per heavy atom. The van der Waals surface area contributed by atoms with E-state index in [4.69, 9.17) is 0 Å². The van der Waals surface area contributed by atoms with Crippen LogP contribution in [0.4, 0.5) is 0 Å². The summed E-state index contributed by atoms with van der Waals surface area (Å²) < 4.78 is 0.